The number of aryl methyl sites for hydroxylation is 1. The maximum Gasteiger partial charge on any atom is 0.372 e. The zero-order valence-corrected chi connectivity index (χ0v) is 13.9. The summed E-state index contributed by atoms with van der Waals surface area (Å²) in [5, 5.41) is 9.89. The normalized spacial score (nSPS) is 12.2. The van der Waals surface area contributed by atoms with Gasteiger partial charge in [-0.25, -0.2) is 4.79 Å². The maximum absolute atomic E-state index is 11.2. The number of rotatable bonds is 7. The zero-order chi connectivity index (χ0) is 17.8. The molecule has 0 saturated carbocycles. The molecule has 0 saturated heterocycles. The van der Waals surface area contributed by atoms with Gasteiger partial charge in [-0.15, -0.1) is 0 Å². The number of hydrogen-bond acceptors (Lipinski definition) is 5. The van der Waals surface area contributed by atoms with Crippen molar-refractivity contribution >= 4 is 16.9 Å². The molecule has 3 rings (SSSR count). The molecular formula is C19H20N2O4. The molecule has 6 heteroatoms. The smallest absolute Gasteiger partial charge is 0.372 e. The largest absolute Gasteiger partial charge is 0.493 e. The Kier molecular flexibility index (Phi) is 5.00. The van der Waals surface area contributed by atoms with Crippen LogP contribution >= 0.6 is 0 Å². The van der Waals surface area contributed by atoms with Crippen molar-refractivity contribution in [2.45, 2.75) is 25.8 Å². The van der Waals surface area contributed by atoms with Crippen molar-refractivity contribution in [3.8, 4) is 5.75 Å². The minimum Gasteiger partial charge on any atom is -0.493 e. The minimum atomic E-state index is -1.09. The van der Waals surface area contributed by atoms with Gasteiger partial charge in [0.2, 0.25) is 5.76 Å². The highest BCUT2D eigenvalue weighted by molar-refractivity contribution is 5.97. The second-order valence-electron chi connectivity index (χ2n) is 5.95. The molecule has 25 heavy (non-hydrogen) atoms. The van der Waals surface area contributed by atoms with Crippen LogP contribution in [0.5, 0.6) is 5.75 Å². The van der Waals surface area contributed by atoms with Crippen LogP contribution in [0.3, 0.4) is 0 Å². The summed E-state index contributed by atoms with van der Waals surface area (Å²) in [7, 11) is 0. The second kappa shape index (κ2) is 7.36. The van der Waals surface area contributed by atoms with E-state index >= 15 is 0 Å². The highest BCUT2D eigenvalue weighted by Crippen LogP contribution is 2.33. The Morgan fingerprint density at radius 1 is 1.36 bits per heavy atom. The van der Waals surface area contributed by atoms with Gasteiger partial charge in [0, 0.05) is 24.0 Å². The molecule has 3 aromatic rings. The molecule has 0 aliphatic rings. The average Bonchev–Trinajstić information content (AvgIpc) is 2.94. The Morgan fingerprint density at radius 2 is 2.20 bits per heavy atom. The monoisotopic (exact) mass is 340 g/mol. The van der Waals surface area contributed by atoms with Crippen LogP contribution in [0.25, 0.3) is 11.0 Å². The van der Waals surface area contributed by atoms with Gasteiger partial charge >= 0.3 is 5.97 Å². The predicted octanol–water partition coefficient (Wildman–Crippen LogP) is 3.17. The lowest BCUT2D eigenvalue weighted by molar-refractivity contribution is 0.0664. The van der Waals surface area contributed by atoms with E-state index in [1.54, 1.807) is 25.3 Å². The molecule has 2 heterocycles. The van der Waals surface area contributed by atoms with Crippen LogP contribution in [0.15, 0.2) is 47.1 Å². The van der Waals surface area contributed by atoms with Gasteiger partial charge in [-0.1, -0.05) is 12.1 Å². The molecule has 0 spiro atoms. The fourth-order valence-electron chi connectivity index (χ4n) is 2.83. The lowest BCUT2D eigenvalue weighted by Gasteiger charge is -2.13. The summed E-state index contributed by atoms with van der Waals surface area (Å²) in [6.07, 6.45) is 4.95. The van der Waals surface area contributed by atoms with Crippen LogP contribution in [-0.2, 0) is 6.42 Å². The van der Waals surface area contributed by atoms with Crippen LogP contribution in [0.4, 0.5) is 0 Å². The Bertz CT molecular complexity index is 874. The van der Waals surface area contributed by atoms with Crippen molar-refractivity contribution in [2.75, 3.05) is 6.61 Å². The average molecular weight is 340 g/mol. The van der Waals surface area contributed by atoms with Gasteiger partial charge in [0.05, 0.1) is 12.0 Å². The molecule has 0 amide bonds. The van der Waals surface area contributed by atoms with Crippen molar-refractivity contribution in [2.24, 2.45) is 5.73 Å². The third-order valence-electron chi connectivity index (χ3n) is 4.08. The fourth-order valence-corrected chi connectivity index (χ4v) is 2.83. The Hall–Kier alpha value is -2.86. The van der Waals surface area contributed by atoms with Crippen molar-refractivity contribution in [3.05, 3.63) is 59.6 Å². The van der Waals surface area contributed by atoms with Crippen LogP contribution in [0.1, 0.15) is 28.1 Å². The minimum absolute atomic E-state index is 0.0385. The number of nitrogens with two attached hydrogens (primary N) is 1. The number of aromatic carboxylic acids is 1. The van der Waals surface area contributed by atoms with E-state index in [0.29, 0.717) is 35.3 Å². The number of carboxylic acids is 1. The first-order valence-electron chi connectivity index (χ1n) is 8.09. The van der Waals surface area contributed by atoms with E-state index in [2.05, 4.69) is 4.98 Å². The van der Waals surface area contributed by atoms with E-state index in [4.69, 9.17) is 14.9 Å². The lowest BCUT2D eigenvalue weighted by Crippen LogP contribution is -2.25. The molecule has 3 N–H and O–H groups in total. The number of aromatic nitrogens is 1. The van der Waals surface area contributed by atoms with E-state index in [0.717, 1.165) is 12.0 Å². The molecule has 0 aliphatic carbocycles. The summed E-state index contributed by atoms with van der Waals surface area (Å²) in [5.41, 5.74) is 8.32. The van der Waals surface area contributed by atoms with Gasteiger partial charge < -0.3 is 20.0 Å². The van der Waals surface area contributed by atoms with Gasteiger partial charge in [-0.05, 0) is 43.5 Å². The molecule has 1 aromatic carbocycles. The van der Waals surface area contributed by atoms with E-state index in [-0.39, 0.29) is 11.8 Å². The summed E-state index contributed by atoms with van der Waals surface area (Å²) < 4.78 is 11.2. The van der Waals surface area contributed by atoms with Crippen LogP contribution < -0.4 is 10.5 Å². The molecular weight excluding hydrogens is 320 g/mol. The van der Waals surface area contributed by atoms with Gasteiger partial charge in [0.1, 0.15) is 11.3 Å². The van der Waals surface area contributed by atoms with Gasteiger partial charge in [-0.2, -0.15) is 0 Å². The summed E-state index contributed by atoms with van der Waals surface area (Å²) >= 11 is 0. The highest BCUT2D eigenvalue weighted by atomic mass is 16.5. The number of nitrogens with zero attached hydrogens (tertiary/aromatic N) is 1. The van der Waals surface area contributed by atoms with Gasteiger partial charge in [0.15, 0.2) is 0 Å². The van der Waals surface area contributed by atoms with Crippen molar-refractivity contribution in [3.63, 3.8) is 0 Å². The number of carbonyl (C=O) groups is 1. The molecule has 0 radical (unpaired) electrons. The molecule has 6 nitrogen and oxygen atoms in total. The second-order valence-corrected chi connectivity index (χ2v) is 5.95. The molecule has 0 fully saturated rings. The van der Waals surface area contributed by atoms with Crippen molar-refractivity contribution < 1.29 is 19.1 Å². The summed E-state index contributed by atoms with van der Waals surface area (Å²) in [5.74, 6) is -0.530. The number of furan rings is 1. The highest BCUT2D eigenvalue weighted by Gasteiger charge is 2.19. The summed E-state index contributed by atoms with van der Waals surface area (Å²) in [6.45, 7) is 2.16. The van der Waals surface area contributed by atoms with Crippen molar-refractivity contribution in [1.82, 2.24) is 4.98 Å². The third kappa shape index (κ3) is 3.80. The third-order valence-corrected chi connectivity index (χ3v) is 4.08. The molecule has 1 unspecified atom stereocenters. The van der Waals surface area contributed by atoms with Crippen molar-refractivity contribution in [1.29, 1.82) is 0 Å². The topological polar surface area (TPSA) is 98.6 Å². The lowest BCUT2D eigenvalue weighted by atomic mass is 10.1. The Morgan fingerprint density at radius 3 is 2.92 bits per heavy atom. The summed E-state index contributed by atoms with van der Waals surface area (Å²) in [6, 6.07) is 9.17. The zero-order valence-electron chi connectivity index (χ0n) is 13.9. The van der Waals surface area contributed by atoms with Crippen LogP contribution in [0.2, 0.25) is 0 Å². The first kappa shape index (κ1) is 17.0. The Labute approximate surface area is 145 Å². The van der Waals surface area contributed by atoms with Gasteiger partial charge in [-0.3, -0.25) is 4.98 Å². The van der Waals surface area contributed by atoms with E-state index in [9.17, 15) is 9.90 Å². The molecule has 1 atom stereocenters. The molecule has 0 bridgehead atoms. The number of hydrogen-bond donors (Lipinski definition) is 2. The SMILES string of the molecule is Cc1c(C(=O)O)oc2cccc(OCCC(N)Cc3cccnc3)c12. The van der Waals surface area contributed by atoms with Crippen LogP contribution in [0, 0.1) is 6.92 Å². The Balaban J connectivity index is 1.66. The predicted molar refractivity (Wildman–Crippen MR) is 93.9 cm³/mol. The number of benzene rings is 1. The number of fused-ring (bicyclic) bond motifs is 1. The van der Waals surface area contributed by atoms with E-state index < -0.39 is 5.97 Å². The number of ether oxygens (including phenoxy) is 1. The standard InChI is InChI=1S/C19H20N2O4/c1-12-17-15(5-2-6-16(17)25-18(12)19(22)23)24-9-7-14(20)10-13-4-3-8-21-11-13/h2-6,8,11,14H,7,9-10,20H2,1H3,(H,22,23). The summed E-state index contributed by atoms with van der Waals surface area (Å²) in [4.78, 5) is 15.3. The molecule has 130 valence electrons. The molecule has 0 aliphatic heterocycles. The molecule has 2 aromatic heterocycles. The van der Waals surface area contributed by atoms with Crippen LogP contribution in [-0.4, -0.2) is 28.7 Å². The van der Waals surface area contributed by atoms with E-state index in [1.807, 2.05) is 24.4 Å². The maximum atomic E-state index is 11.2. The number of carboxylic acid groups (broad SMARTS) is 1. The number of pyridine rings is 1. The quantitative estimate of drug-likeness (QED) is 0.685. The fraction of sp³-hybridized carbons (Fsp3) is 0.263. The first-order chi connectivity index (χ1) is 12.1. The van der Waals surface area contributed by atoms with E-state index in [1.165, 1.54) is 0 Å². The van der Waals surface area contributed by atoms with Gasteiger partial charge in [0.25, 0.3) is 0 Å². The first-order valence-corrected chi connectivity index (χ1v) is 8.09.